The van der Waals surface area contributed by atoms with E-state index < -0.39 is 10.0 Å². The second kappa shape index (κ2) is 7.38. The average molecular weight is 379 g/mol. The fourth-order valence-electron chi connectivity index (χ4n) is 3.34. The Morgan fingerprint density at radius 1 is 1.31 bits per heavy atom. The highest BCUT2D eigenvalue weighted by molar-refractivity contribution is 7.89. The number of benzene rings is 1. The Bertz CT molecular complexity index is 904. The summed E-state index contributed by atoms with van der Waals surface area (Å²) in [7, 11) is 1.65. The molecule has 1 aliphatic rings. The summed E-state index contributed by atoms with van der Waals surface area (Å²) < 4.78 is 32.9. The van der Waals surface area contributed by atoms with Crippen molar-refractivity contribution in [2.24, 2.45) is 13.0 Å². The van der Waals surface area contributed by atoms with Gasteiger partial charge in [-0.3, -0.25) is 4.79 Å². The van der Waals surface area contributed by atoms with Gasteiger partial charge in [-0.15, -0.1) is 0 Å². The number of para-hydroxylation sites is 1. The van der Waals surface area contributed by atoms with Gasteiger partial charge in [0, 0.05) is 44.2 Å². The number of carbonyl (C=O) groups is 1. The molecule has 1 aliphatic heterocycles. The monoisotopic (exact) mass is 379 g/mol. The van der Waals surface area contributed by atoms with E-state index in [0.29, 0.717) is 13.2 Å². The summed E-state index contributed by atoms with van der Waals surface area (Å²) >= 11 is 0. The third kappa shape index (κ3) is 3.92. The summed E-state index contributed by atoms with van der Waals surface area (Å²) in [6.45, 7) is 0.682. The molecule has 0 bridgehead atoms. The van der Waals surface area contributed by atoms with Crippen LogP contribution in [0.1, 0.15) is 5.56 Å². The lowest BCUT2D eigenvalue weighted by atomic mass is 10.1. The van der Waals surface area contributed by atoms with E-state index in [1.807, 2.05) is 42.1 Å². The Morgan fingerprint density at radius 2 is 2.04 bits per heavy atom. The van der Waals surface area contributed by atoms with Crippen LogP contribution in [-0.4, -0.2) is 62.3 Å². The molecule has 2 aromatic rings. The van der Waals surface area contributed by atoms with Gasteiger partial charge in [0.2, 0.25) is 15.9 Å². The van der Waals surface area contributed by atoms with Crippen LogP contribution in [0.15, 0.2) is 30.5 Å². The van der Waals surface area contributed by atoms with Crippen molar-refractivity contribution in [1.29, 1.82) is 0 Å². The van der Waals surface area contributed by atoms with Crippen LogP contribution in [0, 0.1) is 5.92 Å². The molecule has 0 aliphatic carbocycles. The largest absolute Gasteiger partial charge is 0.379 e. The smallest absolute Gasteiger partial charge is 0.224 e. The second-order valence-electron chi connectivity index (χ2n) is 6.99. The molecule has 8 heteroatoms. The van der Waals surface area contributed by atoms with Gasteiger partial charge >= 0.3 is 0 Å². The highest BCUT2D eigenvalue weighted by Crippen LogP contribution is 2.21. The predicted octanol–water partition coefficient (Wildman–Crippen LogP) is 0.743. The van der Waals surface area contributed by atoms with E-state index >= 15 is 0 Å². The number of aryl methyl sites for hydroxylation is 1. The summed E-state index contributed by atoms with van der Waals surface area (Å²) in [5.41, 5.74) is 2.03. The highest BCUT2D eigenvalue weighted by Gasteiger charge is 2.34. The van der Waals surface area contributed by atoms with E-state index in [-0.39, 0.29) is 30.0 Å². The molecule has 0 radical (unpaired) electrons. The number of carbonyl (C=O) groups excluding carboxylic acids is 1. The zero-order valence-corrected chi connectivity index (χ0v) is 16.1. The molecule has 1 aromatic carbocycles. The number of nitrogens with zero attached hydrogens (tertiary/aromatic N) is 2. The summed E-state index contributed by atoms with van der Waals surface area (Å²) in [6, 6.07) is 7.66. The molecule has 1 N–H and O–H groups in total. The summed E-state index contributed by atoms with van der Waals surface area (Å²) in [4.78, 5) is 12.5. The zero-order chi connectivity index (χ0) is 18.9. The first-order valence-electron chi connectivity index (χ1n) is 8.58. The summed E-state index contributed by atoms with van der Waals surface area (Å²) in [6.07, 6.45) is 2.22. The Kier molecular flexibility index (Phi) is 5.36. The van der Waals surface area contributed by atoms with E-state index in [2.05, 4.69) is 5.32 Å². The van der Waals surface area contributed by atoms with Crippen LogP contribution < -0.4 is 5.32 Å². The minimum atomic E-state index is -3.34. The van der Waals surface area contributed by atoms with Gasteiger partial charge in [0.25, 0.3) is 0 Å². The average Bonchev–Trinajstić information content (AvgIpc) is 3.12. The Hall–Kier alpha value is -1.90. The minimum Gasteiger partial charge on any atom is -0.379 e. The first-order valence-corrected chi connectivity index (χ1v) is 10.2. The molecular formula is C18H25N3O4S. The maximum atomic E-state index is 12.5. The van der Waals surface area contributed by atoms with Gasteiger partial charge in [-0.2, -0.15) is 0 Å². The van der Waals surface area contributed by atoms with Crippen LogP contribution in [0.3, 0.4) is 0 Å². The third-order valence-electron chi connectivity index (χ3n) is 4.86. The van der Waals surface area contributed by atoms with Crippen LogP contribution >= 0.6 is 0 Å². The van der Waals surface area contributed by atoms with Crippen molar-refractivity contribution in [2.45, 2.75) is 12.5 Å². The van der Waals surface area contributed by atoms with Crippen molar-refractivity contribution >= 4 is 26.8 Å². The topological polar surface area (TPSA) is 80.6 Å². The van der Waals surface area contributed by atoms with Gasteiger partial charge in [0.1, 0.15) is 0 Å². The van der Waals surface area contributed by atoms with E-state index in [0.717, 1.165) is 16.5 Å². The number of rotatable bonds is 6. The number of amides is 1. The standard InChI is InChI=1S/C18H25N3O4S/c1-20(2)26(23,24)12-14-10-25-11-16(14)19-18(22)8-13-9-21(3)17-7-5-4-6-15(13)17/h4-7,9,14,16H,8,10-12H2,1-3H3,(H,19,22)/t14-,16-/m0/s1. The Balaban J connectivity index is 1.67. The van der Waals surface area contributed by atoms with Gasteiger partial charge in [-0.05, 0) is 11.6 Å². The van der Waals surface area contributed by atoms with Gasteiger partial charge in [0.15, 0.2) is 0 Å². The van der Waals surface area contributed by atoms with Gasteiger partial charge < -0.3 is 14.6 Å². The molecule has 1 amide bonds. The van der Waals surface area contributed by atoms with Crippen LogP contribution in [0.25, 0.3) is 10.9 Å². The molecule has 1 fully saturated rings. The molecule has 2 heterocycles. The fraction of sp³-hybridized carbons (Fsp3) is 0.500. The van der Waals surface area contributed by atoms with Crippen molar-refractivity contribution < 1.29 is 17.9 Å². The number of ether oxygens (including phenoxy) is 1. The lowest BCUT2D eigenvalue weighted by molar-refractivity contribution is -0.121. The number of fused-ring (bicyclic) bond motifs is 1. The van der Waals surface area contributed by atoms with Crippen LogP contribution in [0.5, 0.6) is 0 Å². The number of nitrogens with one attached hydrogen (secondary N) is 1. The van der Waals surface area contributed by atoms with E-state index in [1.165, 1.54) is 18.4 Å². The number of hydrogen-bond donors (Lipinski definition) is 1. The molecular weight excluding hydrogens is 354 g/mol. The zero-order valence-electron chi connectivity index (χ0n) is 15.3. The molecule has 0 unspecified atom stereocenters. The van der Waals surface area contributed by atoms with Crippen LogP contribution in [0.2, 0.25) is 0 Å². The highest BCUT2D eigenvalue weighted by atomic mass is 32.2. The van der Waals surface area contributed by atoms with E-state index in [9.17, 15) is 13.2 Å². The molecule has 1 saturated heterocycles. The van der Waals surface area contributed by atoms with Crippen LogP contribution in [0.4, 0.5) is 0 Å². The molecule has 0 saturated carbocycles. The maximum Gasteiger partial charge on any atom is 0.224 e. The van der Waals surface area contributed by atoms with E-state index in [1.54, 1.807) is 0 Å². The van der Waals surface area contributed by atoms with Crippen molar-refractivity contribution in [1.82, 2.24) is 14.2 Å². The van der Waals surface area contributed by atoms with Crippen molar-refractivity contribution in [3.63, 3.8) is 0 Å². The fourth-order valence-corrected chi connectivity index (χ4v) is 4.51. The van der Waals surface area contributed by atoms with Crippen molar-refractivity contribution in [3.8, 4) is 0 Å². The second-order valence-corrected chi connectivity index (χ2v) is 9.22. The first kappa shape index (κ1) is 18.9. The first-order chi connectivity index (χ1) is 12.3. The summed E-state index contributed by atoms with van der Waals surface area (Å²) in [5, 5.41) is 4.01. The lowest BCUT2D eigenvalue weighted by Gasteiger charge is -2.21. The molecule has 3 rings (SSSR count). The van der Waals surface area contributed by atoms with Crippen molar-refractivity contribution in [2.75, 3.05) is 33.1 Å². The molecule has 1 aromatic heterocycles. The van der Waals surface area contributed by atoms with Crippen LogP contribution in [-0.2, 0) is 33.0 Å². The molecule has 7 nitrogen and oxygen atoms in total. The van der Waals surface area contributed by atoms with E-state index in [4.69, 9.17) is 4.74 Å². The number of hydrogen-bond acceptors (Lipinski definition) is 4. The molecule has 0 spiro atoms. The molecule has 2 atom stereocenters. The SMILES string of the molecule is CN(C)S(=O)(=O)C[C@@H]1COC[C@@H]1NC(=O)Cc1cn(C)c2ccccc12. The quantitative estimate of drug-likeness (QED) is 0.803. The normalized spacial score (nSPS) is 20.8. The Morgan fingerprint density at radius 3 is 2.77 bits per heavy atom. The molecule has 142 valence electrons. The van der Waals surface area contributed by atoms with Gasteiger partial charge in [-0.25, -0.2) is 12.7 Å². The predicted molar refractivity (Wildman–Crippen MR) is 100 cm³/mol. The van der Waals surface area contributed by atoms with Gasteiger partial charge in [-0.1, -0.05) is 18.2 Å². The van der Waals surface area contributed by atoms with Crippen molar-refractivity contribution in [3.05, 3.63) is 36.0 Å². The minimum absolute atomic E-state index is 0.0286. The maximum absolute atomic E-state index is 12.5. The number of aromatic nitrogens is 1. The van der Waals surface area contributed by atoms with Gasteiger partial charge in [0.05, 0.1) is 31.4 Å². The molecule has 26 heavy (non-hydrogen) atoms. The Labute approximate surface area is 154 Å². The third-order valence-corrected chi connectivity index (χ3v) is 6.82. The lowest BCUT2D eigenvalue weighted by Crippen LogP contribution is -2.44. The number of sulfonamides is 1. The summed E-state index contributed by atoms with van der Waals surface area (Å²) in [5.74, 6) is -0.387.